The molecule has 1 amide bonds. The smallest absolute Gasteiger partial charge is 0.337 e. The standard InChI is InChI=1S/C26H19Cl2NO6/c1-34-24-18(12-16(27)13-19(24)28)22(30)20-21(14-6-4-3-5-7-14)29(25(32)23(20)31)17-10-8-15(9-11-17)26(33)35-2/h3-13,21,30H,1-2H3/b22-20+. The molecule has 4 rings (SSSR count). The molecule has 35 heavy (non-hydrogen) atoms. The fourth-order valence-electron chi connectivity index (χ4n) is 4.01. The van der Waals surface area contributed by atoms with Crippen molar-refractivity contribution >= 4 is 52.3 Å². The zero-order valence-corrected chi connectivity index (χ0v) is 20.1. The summed E-state index contributed by atoms with van der Waals surface area (Å²) < 4.78 is 10.1. The summed E-state index contributed by atoms with van der Waals surface area (Å²) in [6, 6.07) is 16.7. The van der Waals surface area contributed by atoms with Crippen LogP contribution in [0.15, 0.2) is 72.3 Å². The third-order valence-electron chi connectivity index (χ3n) is 5.59. The predicted molar refractivity (Wildman–Crippen MR) is 132 cm³/mol. The lowest BCUT2D eigenvalue weighted by atomic mass is 9.95. The number of anilines is 1. The van der Waals surface area contributed by atoms with E-state index < -0.39 is 29.5 Å². The third kappa shape index (κ3) is 4.36. The number of ketones is 1. The molecule has 9 heteroatoms. The van der Waals surface area contributed by atoms with Gasteiger partial charge in [0.1, 0.15) is 11.5 Å². The number of carbonyl (C=O) groups excluding carboxylic acids is 3. The lowest BCUT2D eigenvalue weighted by Crippen LogP contribution is -2.29. The highest BCUT2D eigenvalue weighted by Crippen LogP contribution is 2.44. The number of methoxy groups -OCH3 is 2. The Morgan fingerprint density at radius 2 is 1.63 bits per heavy atom. The normalized spacial score (nSPS) is 16.9. The Labute approximate surface area is 211 Å². The van der Waals surface area contributed by atoms with E-state index in [1.807, 2.05) is 0 Å². The van der Waals surface area contributed by atoms with Crippen molar-refractivity contribution in [3.05, 3.63) is 99.0 Å². The van der Waals surface area contributed by atoms with Gasteiger partial charge in [-0.1, -0.05) is 53.5 Å². The first-order chi connectivity index (χ1) is 16.8. The summed E-state index contributed by atoms with van der Waals surface area (Å²) in [5.74, 6) is -2.66. The monoisotopic (exact) mass is 511 g/mol. The van der Waals surface area contributed by atoms with Gasteiger partial charge < -0.3 is 14.6 Å². The van der Waals surface area contributed by atoms with Crippen LogP contribution in [0.25, 0.3) is 5.76 Å². The molecule has 1 atom stereocenters. The maximum atomic E-state index is 13.3. The Hall–Kier alpha value is -3.81. The Bertz CT molecular complexity index is 1350. The minimum Gasteiger partial charge on any atom is -0.507 e. The zero-order chi connectivity index (χ0) is 25.3. The second-order valence-corrected chi connectivity index (χ2v) is 8.43. The third-order valence-corrected chi connectivity index (χ3v) is 6.09. The maximum Gasteiger partial charge on any atom is 0.337 e. The molecule has 7 nitrogen and oxygen atoms in total. The van der Waals surface area contributed by atoms with Crippen molar-refractivity contribution in [1.29, 1.82) is 0 Å². The van der Waals surface area contributed by atoms with E-state index in [1.54, 1.807) is 30.3 Å². The van der Waals surface area contributed by atoms with E-state index in [0.717, 1.165) is 0 Å². The van der Waals surface area contributed by atoms with E-state index in [2.05, 4.69) is 0 Å². The summed E-state index contributed by atoms with van der Waals surface area (Å²) in [5, 5.41) is 11.7. The van der Waals surface area contributed by atoms with Gasteiger partial charge in [0.15, 0.2) is 0 Å². The first kappa shape index (κ1) is 24.3. The lowest BCUT2D eigenvalue weighted by molar-refractivity contribution is -0.132. The number of esters is 1. The van der Waals surface area contributed by atoms with Gasteiger partial charge in [0, 0.05) is 10.7 Å². The summed E-state index contributed by atoms with van der Waals surface area (Å²) >= 11 is 12.4. The van der Waals surface area contributed by atoms with Crippen LogP contribution in [0.2, 0.25) is 10.0 Å². The van der Waals surface area contributed by atoms with E-state index in [1.165, 1.54) is 55.5 Å². The van der Waals surface area contributed by atoms with Gasteiger partial charge in [0.05, 0.1) is 42.0 Å². The number of benzene rings is 3. The summed E-state index contributed by atoms with van der Waals surface area (Å²) in [5.41, 5.74) is 1.13. The highest BCUT2D eigenvalue weighted by Gasteiger charge is 2.47. The van der Waals surface area contributed by atoms with E-state index in [9.17, 15) is 19.5 Å². The van der Waals surface area contributed by atoms with Crippen molar-refractivity contribution in [1.82, 2.24) is 0 Å². The fraction of sp³-hybridized carbons (Fsp3) is 0.115. The molecule has 178 valence electrons. The number of hydrogen-bond donors (Lipinski definition) is 1. The van der Waals surface area contributed by atoms with Gasteiger partial charge in [0.25, 0.3) is 11.7 Å². The minimum atomic E-state index is -0.970. The van der Waals surface area contributed by atoms with E-state index >= 15 is 0 Å². The van der Waals surface area contributed by atoms with Crippen LogP contribution in [0.3, 0.4) is 0 Å². The van der Waals surface area contributed by atoms with Crippen LogP contribution >= 0.6 is 23.2 Å². The first-order valence-corrected chi connectivity index (χ1v) is 11.1. The topological polar surface area (TPSA) is 93.1 Å². The van der Waals surface area contributed by atoms with Crippen LogP contribution in [0.4, 0.5) is 5.69 Å². The first-order valence-electron chi connectivity index (χ1n) is 10.4. The van der Waals surface area contributed by atoms with Crippen LogP contribution in [0.1, 0.15) is 27.5 Å². The van der Waals surface area contributed by atoms with Crippen molar-refractivity contribution in [3.8, 4) is 5.75 Å². The number of rotatable bonds is 5. The van der Waals surface area contributed by atoms with Gasteiger partial charge in [0.2, 0.25) is 0 Å². The second-order valence-electron chi connectivity index (χ2n) is 7.59. The van der Waals surface area contributed by atoms with Crippen LogP contribution in [0.5, 0.6) is 5.75 Å². The van der Waals surface area contributed by atoms with Gasteiger partial charge in [-0.3, -0.25) is 14.5 Å². The van der Waals surface area contributed by atoms with Crippen LogP contribution in [0, 0.1) is 0 Å². The number of carbonyl (C=O) groups is 3. The van der Waals surface area contributed by atoms with Gasteiger partial charge in [-0.05, 0) is 42.0 Å². The van der Waals surface area contributed by atoms with Crippen molar-refractivity contribution in [2.24, 2.45) is 0 Å². The number of aliphatic hydroxyl groups excluding tert-OH is 1. The van der Waals surface area contributed by atoms with Gasteiger partial charge in [-0.15, -0.1) is 0 Å². The predicted octanol–water partition coefficient (Wildman–Crippen LogP) is 5.41. The molecular formula is C26H19Cl2NO6. The number of nitrogens with zero attached hydrogens (tertiary/aromatic N) is 1. The minimum absolute atomic E-state index is 0.0740. The van der Waals surface area contributed by atoms with Gasteiger partial charge in [-0.25, -0.2) is 4.79 Å². The van der Waals surface area contributed by atoms with Crippen molar-refractivity contribution in [2.45, 2.75) is 6.04 Å². The number of hydrogen-bond acceptors (Lipinski definition) is 6. The highest BCUT2D eigenvalue weighted by atomic mass is 35.5. The molecule has 3 aromatic carbocycles. The average molecular weight is 512 g/mol. The summed E-state index contributed by atoms with van der Waals surface area (Å²) in [6.07, 6.45) is 0. The lowest BCUT2D eigenvalue weighted by Gasteiger charge is -2.25. The molecule has 0 aliphatic carbocycles. The molecule has 0 aromatic heterocycles. The molecule has 0 bridgehead atoms. The molecule has 1 N–H and O–H groups in total. The van der Waals surface area contributed by atoms with Crippen molar-refractivity contribution in [2.75, 3.05) is 19.1 Å². The maximum absolute atomic E-state index is 13.3. The summed E-state index contributed by atoms with van der Waals surface area (Å²) in [6.45, 7) is 0. The number of halogens is 2. The Morgan fingerprint density at radius 3 is 2.23 bits per heavy atom. The average Bonchev–Trinajstić information content (AvgIpc) is 3.13. The van der Waals surface area contributed by atoms with Crippen molar-refractivity contribution in [3.63, 3.8) is 0 Å². The quantitative estimate of drug-likeness (QED) is 0.213. The SMILES string of the molecule is COC(=O)c1ccc(N2C(=O)C(=O)/C(=C(/O)c3cc(Cl)cc(Cl)c3OC)C2c2ccccc2)cc1. The van der Waals surface area contributed by atoms with Crippen LogP contribution in [-0.2, 0) is 14.3 Å². The second kappa shape index (κ2) is 9.82. The Morgan fingerprint density at radius 1 is 0.971 bits per heavy atom. The molecule has 0 spiro atoms. The number of amides is 1. The van der Waals surface area contributed by atoms with Crippen LogP contribution < -0.4 is 9.64 Å². The van der Waals surface area contributed by atoms with E-state index in [4.69, 9.17) is 32.7 Å². The fourth-order valence-corrected chi connectivity index (χ4v) is 4.58. The molecule has 0 saturated carbocycles. The molecule has 1 saturated heterocycles. The highest BCUT2D eigenvalue weighted by molar-refractivity contribution is 6.52. The molecule has 3 aromatic rings. The molecule has 0 radical (unpaired) electrons. The summed E-state index contributed by atoms with van der Waals surface area (Å²) in [7, 11) is 2.63. The summed E-state index contributed by atoms with van der Waals surface area (Å²) in [4.78, 5) is 39.6. The van der Waals surface area contributed by atoms with Crippen molar-refractivity contribution < 1.29 is 29.0 Å². The number of aliphatic hydroxyl groups is 1. The molecular weight excluding hydrogens is 493 g/mol. The Balaban J connectivity index is 1.94. The number of Topliss-reactive ketones (excluding diaryl/α,β-unsaturated/α-hetero) is 1. The molecule has 1 unspecified atom stereocenters. The largest absolute Gasteiger partial charge is 0.507 e. The number of ether oxygens (including phenoxy) is 2. The van der Waals surface area contributed by atoms with Gasteiger partial charge in [-0.2, -0.15) is 0 Å². The molecule has 1 fully saturated rings. The zero-order valence-electron chi connectivity index (χ0n) is 18.6. The van der Waals surface area contributed by atoms with Gasteiger partial charge >= 0.3 is 5.97 Å². The van der Waals surface area contributed by atoms with E-state index in [-0.39, 0.29) is 32.5 Å². The van der Waals surface area contributed by atoms with Crippen LogP contribution in [-0.4, -0.2) is 37.0 Å². The van der Waals surface area contributed by atoms with E-state index in [0.29, 0.717) is 11.3 Å². The Kier molecular flexibility index (Phi) is 6.82. The molecule has 1 heterocycles. The molecule has 1 aliphatic rings. The molecule has 1 aliphatic heterocycles.